The second kappa shape index (κ2) is 3.23. The summed E-state index contributed by atoms with van der Waals surface area (Å²) in [6.45, 7) is 0. The van der Waals surface area contributed by atoms with Gasteiger partial charge in [0, 0.05) is 13.2 Å². The summed E-state index contributed by atoms with van der Waals surface area (Å²) in [5.41, 5.74) is 0.844. The maximum absolute atomic E-state index is 12.6. The van der Waals surface area contributed by atoms with Crippen LogP contribution in [0.15, 0.2) is 12.3 Å². The normalized spacial score (nSPS) is 16.1. The van der Waals surface area contributed by atoms with E-state index in [1.807, 2.05) is 0 Å². The van der Waals surface area contributed by atoms with Crippen LogP contribution in [0, 0.1) is 0 Å². The fourth-order valence-electron chi connectivity index (χ4n) is 1.14. The van der Waals surface area contributed by atoms with Crippen molar-refractivity contribution in [1.29, 1.82) is 0 Å². The number of alkyl halides is 3. The van der Waals surface area contributed by atoms with Gasteiger partial charge in [-0.15, -0.1) is 0 Å². The van der Waals surface area contributed by atoms with Crippen LogP contribution < -0.4 is 5.73 Å². The molecule has 0 saturated carbocycles. The van der Waals surface area contributed by atoms with Crippen LogP contribution in [0.1, 0.15) is 5.69 Å². The van der Waals surface area contributed by atoms with Gasteiger partial charge in [-0.25, -0.2) is 4.79 Å². The molecule has 0 aliphatic carbocycles. The number of aryl methyl sites for hydroxylation is 1. The maximum Gasteiger partial charge on any atom is 0.423 e. The van der Waals surface area contributed by atoms with E-state index in [0.29, 0.717) is 0 Å². The monoisotopic (exact) mass is 223 g/mol. The fourth-order valence-corrected chi connectivity index (χ4v) is 1.14. The van der Waals surface area contributed by atoms with Crippen molar-refractivity contribution in [1.82, 2.24) is 9.78 Å². The van der Waals surface area contributed by atoms with E-state index >= 15 is 0 Å². The largest absolute Gasteiger partial charge is 0.479 e. The van der Waals surface area contributed by atoms with Crippen LogP contribution in [-0.4, -0.2) is 27.0 Å². The van der Waals surface area contributed by atoms with E-state index in [2.05, 4.69) is 5.10 Å². The first kappa shape index (κ1) is 11.5. The van der Waals surface area contributed by atoms with Crippen LogP contribution in [0.4, 0.5) is 13.2 Å². The van der Waals surface area contributed by atoms with Crippen molar-refractivity contribution in [3.63, 3.8) is 0 Å². The Morgan fingerprint density at radius 2 is 2.13 bits per heavy atom. The van der Waals surface area contributed by atoms with Crippen LogP contribution in [0.25, 0.3) is 0 Å². The summed E-state index contributed by atoms with van der Waals surface area (Å²) in [7, 11) is 1.19. The molecule has 0 radical (unpaired) electrons. The summed E-state index contributed by atoms with van der Waals surface area (Å²) in [5.74, 6) is -2.17. The lowest BCUT2D eigenvalue weighted by molar-refractivity contribution is -0.206. The Bertz CT molecular complexity index is 387. The van der Waals surface area contributed by atoms with E-state index in [1.54, 1.807) is 0 Å². The third-order valence-corrected chi connectivity index (χ3v) is 2.01. The van der Waals surface area contributed by atoms with Gasteiger partial charge in [0.15, 0.2) is 0 Å². The Labute approximate surface area is 82.3 Å². The number of rotatable bonds is 2. The van der Waals surface area contributed by atoms with E-state index in [0.717, 1.165) is 16.9 Å². The summed E-state index contributed by atoms with van der Waals surface area (Å²) < 4.78 is 38.4. The number of carbonyl (C=O) groups is 1. The summed E-state index contributed by atoms with van der Waals surface area (Å²) in [6.07, 6.45) is -4.04. The fraction of sp³-hybridized carbons (Fsp3) is 0.429. The number of hydrogen-bond donors (Lipinski definition) is 2. The van der Waals surface area contributed by atoms with Gasteiger partial charge in [-0.1, -0.05) is 0 Å². The molecule has 84 valence electrons. The minimum absolute atomic E-state index is 0.623. The van der Waals surface area contributed by atoms with Crippen LogP contribution in [0.3, 0.4) is 0 Å². The predicted octanol–water partition coefficient (Wildman–Crippen LogP) is 0.221. The molecule has 15 heavy (non-hydrogen) atoms. The summed E-state index contributed by atoms with van der Waals surface area (Å²) in [4.78, 5) is 10.6. The molecule has 0 aliphatic rings. The summed E-state index contributed by atoms with van der Waals surface area (Å²) in [6, 6.07) is 0.918. The van der Waals surface area contributed by atoms with Gasteiger partial charge >= 0.3 is 12.1 Å². The molecule has 0 amide bonds. The number of aromatic nitrogens is 2. The van der Waals surface area contributed by atoms with Crippen LogP contribution >= 0.6 is 0 Å². The van der Waals surface area contributed by atoms with Crippen LogP contribution in [0.2, 0.25) is 0 Å². The predicted molar refractivity (Wildman–Crippen MR) is 42.8 cm³/mol. The summed E-state index contributed by atoms with van der Waals surface area (Å²) >= 11 is 0. The highest BCUT2D eigenvalue weighted by Gasteiger charge is 2.61. The minimum atomic E-state index is -5.09. The highest BCUT2D eigenvalue weighted by molar-refractivity contribution is 5.81. The van der Waals surface area contributed by atoms with Gasteiger partial charge in [-0.05, 0) is 6.07 Å². The van der Waals surface area contributed by atoms with Gasteiger partial charge in [0.1, 0.15) is 0 Å². The number of carboxylic acids is 1. The van der Waals surface area contributed by atoms with Gasteiger partial charge in [0.05, 0.1) is 5.69 Å². The number of hydrogen-bond acceptors (Lipinski definition) is 3. The topological polar surface area (TPSA) is 81.1 Å². The van der Waals surface area contributed by atoms with E-state index < -0.39 is 23.4 Å². The van der Waals surface area contributed by atoms with E-state index in [9.17, 15) is 18.0 Å². The van der Waals surface area contributed by atoms with Crippen LogP contribution in [0.5, 0.6) is 0 Å². The van der Waals surface area contributed by atoms with E-state index in [4.69, 9.17) is 10.8 Å². The lowest BCUT2D eigenvalue weighted by Gasteiger charge is -2.27. The van der Waals surface area contributed by atoms with Crippen molar-refractivity contribution in [2.24, 2.45) is 12.8 Å². The quantitative estimate of drug-likeness (QED) is 0.751. The second-order valence-corrected chi connectivity index (χ2v) is 2.95. The maximum atomic E-state index is 12.6. The molecule has 3 N–H and O–H groups in total. The van der Waals surface area contributed by atoms with Gasteiger partial charge in [-0.3, -0.25) is 4.68 Å². The average Bonchev–Trinajstić information content (AvgIpc) is 2.47. The zero-order valence-corrected chi connectivity index (χ0v) is 7.62. The molecular formula is C7H8F3N3O2. The Morgan fingerprint density at radius 3 is 2.40 bits per heavy atom. The molecule has 0 fully saturated rings. The zero-order valence-electron chi connectivity index (χ0n) is 7.62. The molecular weight excluding hydrogens is 215 g/mol. The molecule has 0 aromatic carbocycles. The third kappa shape index (κ3) is 1.56. The van der Waals surface area contributed by atoms with Crippen molar-refractivity contribution in [2.75, 3.05) is 0 Å². The number of halogens is 3. The second-order valence-electron chi connectivity index (χ2n) is 2.95. The SMILES string of the molecule is Cn1nccc1C(N)(C(=O)O)C(F)(F)F. The molecule has 0 aliphatic heterocycles. The number of aliphatic carboxylic acids is 1. The molecule has 1 aromatic heterocycles. The highest BCUT2D eigenvalue weighted by atomic mass is 19.4. The first-order valence-corrected chi connectivity index (χ1v) is 3.78. The molecule has 1 atom stereocenters. The van der Waals surface area contributed by atoms with Crippen molar-refractivity contribution in [3.8, 4) is 0 Å². The van der Waals surface area contributed by atoms with Gasteiger partial charge in [0.25, 0.3) is 5.54 Å². The average molecular weight is 223 g/mol. The molecule has 1 heterocycles. The smallest absolute Gasteiger partial charge is 0.423 e. The molecule has 0 bridgehead atoms. The summed E-state index contributed by atoms with van der Waals surface area (Å²) in [5, 5.41) is 12.0. The zero-order chi connectivity index (χ0) is 11.9. The Kier molecular flexibility index (Phi) is 2.48. The van der Waals surface area contributed by atoms with Gasteiger partial charge in [0.2, 0.25) is 0 Å². The van der Waals surface area contributed by atoms with Gasteiger partial charge < -0.3 is 10.8 Å². The molecule has 1 rings (SSSR count). The number of nitrogens with zero attached hydrogens (tertiary/aromatic N) is 2. The van der Waals surface area contributed by atoms with E-state index in [1.165, 1.54) is 7.05 Å². The number of carboxylic acid groups (broad SMARTS) is 1. The van der Waals surface area contributed by atoms with Gasteiger partial charge in [-0.2, -0.15) is 18.3 Å². The molecule has 1 unspecified atom stereocenters. The van der Waals surface area contributed by atoms with Crippen molar-refractivity contribution in [2.45, 2.75) is 11.7 Å². The van der Waals surface area contributed by atoms with Crippen molar-refractivity contribution in [3.05, 3.63) is 18.0 Å². The third-order valence-electron chi connectivity index (χ3n) is 2.01. The van der Waals surface area contributed by atoms with E-state index in [-0.39, 0.29) is 0 Å². The van der Waals surface area contributed by atoms with Crippen molar-refractivity contribution >= 4 is 5.97 Å². The standard InChI is InChI=1S/C7H8F3N3O2/c1-13-4(2-3-12-13)6(11,5(14)15)7(8,9)10/h2-3H,11H2,1H3,(H,14,15). The molecule has 8 heteroatoms. The first-order chi connectivity index (χ1) is 6.71. The minimum Gasteiger partial charge on any atom is -0.479 e. The van der Waals surface area contributed by atoms with Crippen LogP contribution in [-0.2, 0) is 17.4 Å². The van der Waals surface area contributed by atoms with Crippen molar-refractivity contribution < 1.29 is 23.1 Å². The Balaban J connectivity index is 3.39. The molecule has 0 spiro atoms. The lowest BCUT2D eigenvalue weighted by atomic mass is 9.96. The highest BCUT2D eigenvalue weighted by Crippen LogP contribution is 2.36. The number of nitrogens with two attached hydrogens (primary N) is 1. The lowest BCUT2D eigenvalue weighted by Crippen LogP contribution is -2.57. The molecule has 1 aromatic rings. The molecule has 5 nitrogen and oxygen atoms in total. The Morgan fingerprint density at radius 1 is 1.60 bits per heavy atom. The Hall–Kier alpha value is -1.57. The molecule has 0 saturated heterocycles. The first-order valence-electron chi connectivity index (χ1n) is 3.78.